The molecule has 0 heterocycles. The van der Waals surface area contributed by atoms with Gasteiger partial charge in [-0.3, -0.25) is 4.79 Å². The van der Waals surface area contributed by atoms with E-state index in [1.807, 2.05) is 31.2 Å². The van der Waals surface area contributed by atoms with Crippen LogP contribution in [0.4, 0.5) is 0 Å². The molecule has 0 fully saturated rings. The summed E-state index contributed by atoms with van der Waals surface area (Å²) in [6.07, 6.45) is 5.77. The third-order valence-electron chi connectivity index (χ3n) is 2.24. The van der Waals surface area contributed by atoms with Crippen molar-refractivity contribution >= 4 is 6.29 Å². The summed E-state index contributed by atoms with van der Waals surface area (Å²) < 4.78 is 0. The number of hydrogen-bond acceptors (Lipinski definition) is 1. The molecule has 74 valence electrons. The summed E-state index contributed by atoms with van der Waals surface area (Å²) in [5.41, 5.74) is 2.23. The van der Waals surface area contributed by atoms with Crippen molar-refractivity contribution in [1.82, 2.24) is 0 Å². The Labute approximate surface area is 85.5 Å². The van der Waals surface area contributed by atoms with Crippen LogP contribution in [0.1, 0.15) is 25.3 Å². The maximum atomic E-state index is 10.5. The van der Waals surface area contributed by atoms with Gasteiger partial charge in [0, 0.05) is 0 Å². The van der Waals surface area contributed by atoms with E-state index < -0.39 is 0 Å². The van der Waals surface area contributed by atoms with E-state index in [9.17, 15) is 4.79 Å². The molecule has 14 heavy (non-hydrogen) atoms. The van der Waals surface area contributed by atoms with E-state index in [1.165, 1.54) is 5.56 Å². The fourth-order valence-electron chi connectivity index (χ4n) is 1.34. The lowest BCUT2D eigenvalue weighted by Crippen LogP contribution is -1.85. The molecule has 1 aromatic carbocycles. The Morgan fingerprint density at radius 2 is 2.00 bits per heavy atom. The average Bonchev–Trinajstić information content (AvgIpc) is 2.26. The lowest BCUT2D eigenvalue weighted by molar-refractivity contribution is -0.105. The standard InChI is InChI=1S/C13H16O/c1-2-12(11-14)9-6-10-13-7-4-3-5-8-13/h3-5,7-9,11H,2,6,10H2,1H3. The summed E-state index contributed by atoms with van der Waals surface area (Å²) in [4.78, 5) is 10.5. The van der Waals surface area contributed by atoms with Gasteiger partial charge < -0.3 is 0 Å². The van der Waals surface area contributed by atoms with E-state index in [1.54, 1.807) is 0 Å². The van der Waals surface area contributed by atoms with Crippen LogP contribution < -0.4 is 0 Å². The van der Waals surface area contributed by atoms with Gasteiger partial charge in [0.25, 0.3) is 0 Å². The Hall–Kier alpha value is -1.37. The van der Waals surface area contributed by atoms with E-state index in [0.717, 1.165) is 31.1 Å². The van der Waals surface area contributed by atoms with Crippen LogP contribution in [0, 0.1) is 0 Å². The van der Waals surface area contributed by atoms with Gasteiger partial charge in [-0.25, -0.2) is 0 Å². The zero-order valence-corrected chi connectivity index (χ0v) is 8.57. The lowest BCUT2D eigenvalue weighted by atomic mass is 10.1. The largest absolute Gasteiger partial charge is 0.298 e. The van der Waals surface area contributed by atoms with Gasteiger partial charge in [0.15, 0.2) is 0 Å². The van der Waals surface area contributed by atoms with E-state index in [-0.39, 0.29) is 0 Å². The fraction of sp³-hybridized carbons (Fsp3) is 0.308. The molecule has 0 spiro atoms. The fourth-order valence-corrected chi connectivity index (χ4v) is 1.34. The molecule has 0 N–H and O–H groups in total. The Morgan fingerprint density at radius 3 is 2.57 bits per heavy atom. The van der Waals surface area contributed by atoms with Crippen LogP contribution in [-0.4, -0.2) is 6.29 Å². The first kappa shape index (κ1) is 10.7. The molecule has 0 aliphatic heterocycles. The molecular formula is C13H16O. The molecule has 0 saturated heterocycles. The first-order valence-corrected chi connectivity index (χ1v) is 5.05. The van der Waals surface area contributed by atoms with Crippen molar-refractivity contribution in [2.24, 2.45) is 0 Å². The van der Waals surface area contributed by atoms with Gasteiger partial charge in [-0.1, -0.05) is 43.3 Å². The number of aryl methyl sites for hydroxylation is 1. The SMILES string of the molecule is CCC(C=O)=CCCc1ccccc1. The van der Waals surface area contributed by atoms with E-state index in [0.29, 0.717) is 0 Å². The van der Waals surface area contributed by atoms with Gasteiger partial charge in [-0.05, 0) is 30.4 Å². The molecule has 0 bridgehead atoms. The van der Waals surface area contributed by atoms with Gasteiger partial charge in [-0.2, -0.15) is 0 Å². The molecule has 0 radical (unpaired) electrons. The summed E-state index contributed by atoms with van der Waals surface area (Å²) in [6, 6.07) is 10.3. The second-order valence-corrected chi connectivity index (χ2v) is 3.27. The summed E-state index contributed by atoms with van der Waals surface area (Å²) in [5.74, 6) is 0. The van der Waals surface area contributed by atoms with Gasteiger partial charge in [0.2, 0.25) is 0 Å². The second-order valence-electron chi connectivity index (χ2n) is 3.27. The van der Waals surface area contributed by atoms with Crippen LogP contribution in [0.3, 0.4) is 0 Å². The predicted octanol–water partition coefficient (Wildman–Crippen LogP) is 3.15. The van der Waals surface area contributed by atoms with Crippen molar-refractivity contribution in [3.8, 4) is 0 Å². The van der Waals surface area contributed by atoms with Crippen molar-refractivity contribution < 1.29 is 4.79 Å². The first-order valence-electron chi connectivity index (χ1n) is 5.05. The van der Waals surface area contributed by atoms with Crippen LogP contribution in [0.5, 0.6) is 0 Å². The van der Waals surface area contributed by atoms with Gasteiger partial charge in [-0.15, -0.1) is 0 Å². The van der Waals surface area contributed by atoms with E-state index in [4.69, 9.17) is 0 Å². The predicted molar refractivity (Wildman–Crippen MR) is 59.2 cm³/mol. The van der Waals surface area contributed by atoms with Crippen molar-refractivity contribution in [2.45, 2.75) is 26.2 Å². The van der Waals surface area contributed by atoms with Crippen LogP contribution >= 0.6 is 0 Å². The minimum Gasteiger partial charge on any atom is -0.298 e. The van der Waals surface area contributed by atoms with Crippen LogP contribution in [0.25, 0.3) is 0 Å². The quantitative estimate of drug-likeness (QED) is 0.512. The molecule has 0 aromatic heterocycles. The van der Waals surface area contributed by atoms with Crippen molar-refractivity contribution in [1.29, 1.82) is 0 Å². The normalized spacial score (nSPS) is 11.4. The highest BCUT2D eigenvalue weighted by Gasteiger charge is 1.92. The second kappa shape index (κ2) is 6.14. The number of hydrogen-bond donors (Lipinski definition) is 0. The molecule has 0 unspecified atom stereocenters. The van der Waals surface area contributed by atoms with Crippen LogP contribution in [0.2, 0.25) is 0 Å². The van der Waals surface area contributed by atoms with Gasteiger partial charge in [0.05, 0.1) is 0 Å². The molecular weight excluding hydrogens is 172 g/mol. The molecule has 1 nitrogen and oxygen atoms in total. The molecule has 0 amide bonds. The number of allylic oxidation sites excluding steroid dienone is 2. The zero-order chi connectivity index (χ0) is 10.2. The topological polar surface area (TPSA) is 17.1 Å². The first-order chi connectivity index (χ1) is 6.86. The summed E-state index contributed by atoms with van der Waals surface area (Å²) in [7, 11) is 0. The summed E-state index contributed by atoms with van der Waals surface area (Å²) >= 11 is 0. The van der Waals surface area contributed by atoms with Gasteiger partial charge in [0.1, 0.15) is 6.29 Å². The van der Waals surface area contributed by atoms with E-state index >= 15 is 0 Å². The molecule has 0 aliphatic carbocycles. The van der Waals surface area contributed by atoms with Gasteiger partial charge >= 0.3 is 0 Å². The maximum Gasteiger partial charge on any atom is 0.145 e. The number of carbonyl (C=O) groups excluding carboxylic acids is 1. The van der Waals surface area contributed by atoms with Crippen molar-refractivity contribution in [3.05, 3.63) is 47.5 Å². The Bertz CT molecular complexity index is 298. The third-order valence-corrected chi connectivity index (χ3v) is 2.24. The van der Waals surface area contributed by atoms with Crippen LogP contribution in [-0.2, 0) is 11.2 Å². The maximum absolute atomic E-state index is 10.5. The number of benzene rings is 1. The van der Waals surface area contributed by atoms with Crippen LogP contribution in [0.15, 0.2) is 42.0 Å². The molecule has 1 rings (SSSR count). The monoisotopic (exact) mass is 188 g/mol. The van der Waals surface area contributed by atoms with Crippen molar-refractivity contribution in [3.63, 3.8) is 0 Å². The number of aldehydes is 1. The highest BCUT2D eigenvalue weighted by molar-refractivity contribution is 5.72. The zero-order valence-electron chi connectivity index (χ0n) is 8.57. The Balaban J connectivity index is 2.42. The highest BCUT2D eigenvalue weighted by atomic mass is 16.1. The number of carbonyl (C=O) groups is 1. The minimum atomic E-state index is 0.832. The number of rotatable bonds is 5. The molecule has 0 saturated carbocycles. The third kappa shape index (κ3) is 3.56. The minimum absolute atomic E-state index is 0.832. The lowest BCUT2D eigenvalue weighted by Gasteiger charge is -1.97. The summed E-state index contributed by atoms with van der Waals surface area (Å²) in [6.45, 7) is 2.00. The smallest absolute Gasteiger partial charge is 0.145 e. The highest BCUT2D eigenvalue weighted by Crippen LogP contribution is 2.05. The Kier molecular flexibility index (Phi) is 4.70. The van der Waals surface area contributed by atoms with Crippen molar-refractivity contribution in [2.75, 3.05) is 0 Å². The summed E-state index contributed by atoms with van der Waals surface area (Å²) in [5, 5.41) is 0. The molecule has 1 heteroatoms. The molecule has 0 atom stereocenters. The average molecular weight is 188 g/mol. The molecule has 0 aliphatic rings. The van der Waals surface area contributed by atoms with E-state index in [2.05, 4.69) is 12.1 Å². The Morgan fingerprint density at radius 1 is 1.29 bits per heavy atom. The molecule has 1 aromatic rings.